The van der Waals surface area contributed by atoms with E-state index < -0.39 is 0 Å². The van der Waals surface area contributed by atoms with E-state index in [0.717, 1.165) is 26.1 Å². The van der Waals surface area contributed by atoms with Crippen LogP contribution in [0.25, 0.3) is 0 Å². The van der Waals surface area contributed by atoms with Gasteiger partial charge in [-0.25, -0.2) is 4.98 Å². The summed E-state index contributed by atoms with van der Waals surface area (Å²) in [6.07, 6.45) is 5.20. The van der Waals surface area contributed by atoms with Gasteiger partial charge in [-0.3, -0.25) is 4.79 Å². The smallest absolute Gasteiger partial charge is 0.254 e. The second-order valence-electron chi connectivity index (χ2n) is 7.52. The molecule has 1 amide bonds. The van der Waals surface area contributed by atoms with Crippen molar-refractivity contribution in [2.75, 3.05) is 53.9 Å². The van der Waals surface area contributed by atoms with E-state index in [4.69, 9.17) is 4.74 Å². The summed E-state index contributed by atoms with van der Waals surface area (Å²) < 4.78 is 5.66. The highest BCUT2D eigenvalue weighted by Gasteiger charge is 2.35. The van der Waals surface area contributed by atoms with Crippen LogP contribution in [0.3, 0.4) is 0 Å². The van der Waals surface area contributed by atoms with Crippen molar-refractivity contribution in [2.24, 2.45) is 5.92 Å². The highest BCUT2D eigenvalue weighted by Crippen LogP contribution is 2.30. The summed E-state index contributed by atoms with van der Waals surface area (Å²) in [6, 6.07) is 4.21. The van der Waals surface area contributed by atoms with Crippen LogP contribution in [0.5, 0.6) is 5.88 Å². The van der Waals surface area contributed by atoms with Gasteiger partial charge in [-0.15, -0.1) is 0 Å². The zero-order valence-electron chi connectivity index (χ0n) is 15.6. The zero-order chi connectivity index (χ0) is 17.8. The Hall–Kier alpha value is -1.66. The summed E-state index contributed by atoms with van der Waals surface area (Å²) in [5, 5.41) is 0. The fourth-order valence-corrected chi connectivity index (χ4v) is 3.97. The zero-order valence-corrected chi connectivity index (χ0v) is 15.6. The molecule has 1 aromatic rings. The van der Waals surface area contributed by atoms with Gasteiger partial charge in [0.1, 0.15) is 6.61 Å². The van der Waals surface area contributed by atoms with Gasteiger partial charge in [0.05, 0.1) is 0 Å². The second-order valence-corrected chi connectivity index (χ2v) is 7.52. The maximum Gasteiger partial charge on any atom is 0.254 e. The number of piperidine rings is 2. The van der Waals surface area contributed by atoms with E-state index in [2.05, 4.69) is 21.8 Å². The number of nitrogens with zero attached hydrogens (tertiary/aromatic N) is 4. The predicted molar refractivity (Wildman–Crippen MR) is 97.9 cm³/mol. The number of hydrogen-bond donors (Lipinski definition) is 0. The minimum Gasteiger partial charge on any atom is -0.476 e. The molecule has 2 atom stereocenters. The van der Waals surface area contributed by atoms with Crippen molar-refractivity contribution in [1.82, 2.24) is 19.7 Å². The maximum atomic E-state index is 12.9. The van der Waals surface area contributed by atoms with Gasteiger partial charge in [-0.05, 0) is 58.9 Å². The number of likely N-dealkylation sites (tertiary alicyclic amines) is 2. The fraction of sp³-hybridized carbons (Fsp3) is 0.684. The maximum absolute atomic E-state index is 12.9. The summed E-state index contributed by atoms with van der Waals surface area (Å²) in [6.45, 7) is 4.28. The van der Waals surface area contributed by atoms with Crippen molar-refractivity contribution < 1.29 is 9.53 Å². The minimum absolute atomic E-state index is 0.103. The number of fused-ring (bicyclic) bond motifs is 1. The molecule has 0 radical (unpaired) electrons. The van der Waals surface area contributed by atoms with Crippen molar-refractivity contribution >= 4 is 5.91 Å². The Labute approximate surface area is 150 Å². The first-order valence-corrected chi connectivity index (χ1v) is 9.27. The molecule has 0 spiro atoms. The molecule has 2 fully saturated rings. The van der Waals surface area contributed by atoms with Crippen LogP contribution < -0.4 is 4.74 Å². The van der Waals surface area contributed by atoms with Gasteiger partial charge >= 0.3 is 0 Å². The van der Waals surface area contributed by atoms with Crippen molar-refractivity contribution in [3.63, 3.8) is 0 Å². The summed E-state index contributed by atoms with van der Waals surface area (Å²) in [7, 11) is 6.22. The van der Waals surface area contributed by atoms with Crippen LogP contribution in [0.1, 0.15) is 29.6 Å². The monoisotopic (exact) mass is 346 g/mol. The lowest BCUT2D eigenvalue weighted by atomic mass is 9.84. The minimum atomic E-state index is 0.103. The standard InChI is InChI=1S/C19H30N4O2/c1-21(2)11-12-25-18-13-15(6-8-20-18)19(24)23-10-7-17-16(14-23)5-4-9-22(17)3/h6,8,13,16-17H,4-5,7,9-12,14H2,1-3H3/t16-,17-/m0/s1. The summed E-state index contributed by atoms with van der Waals surface area (Å²) >= 11 is 0. The quantitative estimate of drug-likeness (QED) is 0.810. The van der Waals surface area contributed by atoms with Crippen molar-refractivity contribution in [1.29, 1.82) is 0 Å². The number of likely N-dealkylation sites (N-methyl/N-ethyl adjacent to an activating group) is 1. The summed E-state index contributed by atoms with van der Waals surface area (Å²) in [5.41, 5.74) is 0.678. The van der Waals surface area contributed by atoms with E-state index in [1.807, 2.05) is 19.0 Å². The molecule has 3 rings (SSSR count). The lowest BCUT2D eigenvalue weighted by Gasteiger charge is -2.46. The normalized spacial score (nSPS) is 24.2. The highest BCUT2D eigenvalue weighted by molar-refractivity contribution is 5.94. The van der Waals surface area contributed by atoms with Gasteiger partial charge in [-0.1, -0.05) is 0 Å². The number of carbonyl (C=O) groups excluding carboxylic acids is 1. The molecule has 3 heterocycles. The lowest BCUT2D eigenvalue weighted by Crippen LogP contribution is -2.53. The molecular formula is C19H30N4O2. The Morgan fingerprint density at radius 2 is 2.20 bits per heavy atom. The van der Waals surface area contributed by atoms with Crippen LogP contribution in [0.2, 0.25) is 0 Å². The Morgan fingerprint density at radius 3 is 3.00 bits per heavy atom. The second kappa shape index (κ2) is 8.15. The SMILES string of the molecule is CN(C)CCOc1cc(C(=O)N2CC[C@H]3[C@@H](CCCN3C)C2)ccn1. The fourth-order valence-electron chi connectivity index (χ4n) is 3.97. The predicted octanol–water partition coefficient (Wildman–Crippen LogP) is 1.58. The molecule has 0 unspecified atom stereocenters. The van der Waals surface area contributed by atoms with E-state index in [1.54, 1.807) is 18.3 Å². The molecular weight excluding hydrogens is 316 g/mol. The number of carbonyl (C=O) groups is 1. The first-order chi connectivity index (χ1) is 12.0. The largest absolute Gasteiger partial charge is 0.476 e. The topological polar surface area (TPSA) is 48.9 Å². The van der Waals surface area contributed by atoms with Gasteiger partial charge in [0.15, 0.2) is 0 Å². The molecule has 0 aliphatic carbocycles. The van der Waals surface area contributed by atoms with Crippen LogP contribution in [0, 0.1) is 5.92 Å². The number of ether oxygens (including phenoxy) is 1. The van der Waals surface area contributed by atoms with E-state index >= 15 is 0 Å². The average Bonchev–Trinajstić information content (AvgIpc) is 2.61. The number of aromatic nitrogens is 1. The van der Waals surface area contributed by atoms with E-state index in [9.17, 15) is 4.79 Å². The van der Waals surface area contributed by atoms with Crippen LogP contribution in [-0.2, 0) is 0 Å². The number of hydrogen-bond acceptors (Lipinski definition) is 5. The van der Waals surface area contributed by atoms with Crippen molar-refractivity contribution in [2.45, 2.75) is 25.3 Å². The number of pyridine rings is 1. The molecule has 0 saturated carbocycles. The van der Waals surface area contributed by atoms with Crippen LogP contribution in [-0.4, -0.2) is 85.6 Å². The van der Waals surface area contributed by atoms with Gasteiger partial charge < -0.3 is 19.4 Å². The van der Waals surface area contributed by atoms with Crippen LogP contribution in [0.15, 0.2) is 18.3 Å². The highest BCUT2D eigenvalue weighted by atomic mass is 16.5. The van der Waals surface area contributed by atoms with Gasteiger partial charge in [-0.2, -0.15) is 0 Å². The molecule has 2 aliphatic rings. The first-order valence-electron chi connectivity index (χ1n) is 9.27. The first kappa shape index (κ1) is 18.1. The third-order valence-corrected chi connectivity index (χ3v) is 5.40. The Morgan fingerprint density at radius 1 is 1.36 bits per heavy atom. The molecule has 6 heteroatoms. The Kier molecular flexibility index (Phi) is 5.91. The van der Waals surface area contributed by atoms with Gasteiger partial charge in [0.25, 0.3) is 5.91 Å². The Bertz CT molecular complexity index is 593. The van der Waals surface area contributed by atoms with Crippen LogP contribution >= 0.6 is 0 Å². The third kappa shape index (κ3) is 4.50. The summed E-state index contributed by atoms with van der Waals surface area (Å²) in [4.78, 5) is 23.7. The molecule has 2 saturated heterocycles. The molecule has 138 valence electrons. The molecule has 0 bridgehead atoms. The molecule has 25 heavy (non-hydrogen) atoms. The molecule has 0 N–H and O–H groups in total. The Balaban J connectivity index is 1.61. The number of amides is 1. The third-order valence-electron chi connectivity index (χ3n) is 5.40. The van der Waals surface area contributed by atoms with Gasteiger partial charge in [0, 0.05) is 43.5 Å². The van der Waals surface area contributed by atoms with Gasteiger partial charge in [0.2, 0.25) is 5.88 Å². The van der Waals surface area contributed by atoms with Crippen molar-refractivity contribution in [3.05, 3.63) is 23.9 Å². The van der Waals surface area contributed by atoms with E-state index in [1.165, 1.54) is 19.4 Å². The van der Waals surface area contributed by atoms with E-state index in [-0.39, 0.29) is 5.91 Å². The van der Waals surface area contributed by atoms with E-state index in [0.29, 0.717) is 30.0 Å². The van der Waals surface area contributed by atoms with Crippen LogP contribution in [0.4, 0.5) is 0 Å². The molecule has 1 aromatic heterocycles. The lowest BCUT2D eigenvalue weighted by molar-refractivity contribution is 0.0316. The van der Waals surface area contributed by atoms with Crippen molar-refractivity contribution in [3.8, 4) is 5.88 Å². The molecule has 6 nitrogen and oxygen atoms in total. The number of rotatable bonds is 5. The molecule has 2 aliphatic heterocycles. The average molecular weight is 346 g/mol. The summed E-state index contributed by atoms with van der Waals surface area (Å²) in [5.74, 6) is 1.24. The molecule has 0 aromatic carbocycles.